The zero-order valence-corrected chi connectivity index (χ0v) is 11.6. The standard InChI is InChI=1S/C15H24N2O/c1-3-7-16-8-10-17(11-9-16)13-14-5-4-6-15(12-14)18-2/h4-6,12H,3,7-11,13H2,1-2H3. The third kappa shape index (κ3) is 3.72. The highest BCUT2D eigenvalue weighted by atomic mass is 16.5. The monoisotopic (exact) mass is 248 g/mol. The van der Waals surface area contributed by atoms with Crippen LogP contribution in [0.2, 0.25) is 0 Å². The maximum absolute atomic E-state index is 5.27. The van der Waals surface area contributed by atoms with E-state index in [4.69, 9.17) is 4.74 Å². The first kappa shape index (κ1) is 13.4. The van der Waals surface area contributed by atoms with Crippen LogP contribution in [0, 0.1) is 0 Å². The zero-order chi connectivity index (χ0) is 12.8. The molecule has 2 rings (SSSR count). The topological polar surface area (TPSA) is 15.7 Å². The molecule has 1 aromatic rings. The van der Waals surface area contributed by atoms with Gasteiger partial charge in [0.05, 0.1) is 7.11 Å². The minimum atomic E-state index is 0.956. The van der Waals surface area contributed by atoms with Gasteiger partial charge in [0.2, 0.25) is 0 Å². The van der Waals surface area contributed by atoms with Gasteiger partial charge in [-0.15, -0.1) is 0 Å². The molecule has 0 amide bonds. The number of benzene rings is 1. The number of rotatable bonds is 5. The fourth-order valence-electron chi connectivity index (χ4n) is 2.52. The first-order valence-electron chi connectivity index (χ1n) is 6.89. The zero-order valence-electron chi connectivity index (χ0n) is 11.6. The molecule has 3 heteroatoms. The summed E-state index contributed by atoms with van der Waals surface area (Å²) in [4.78, 5) is 5.09. The molecule has 0 N–H and O–H groups in total. The smallest absolute Gasteiger partial charge is 0.119 e. The van der Waals surface area contributed by atoms with E-state index in [9.17, 15) is 0 Å². The van der Waals surface area contributed by atoms with Gasteiger partial charge in [-0.25, -0.2) is 0 Å². The van der Waals surface area contributed by atoms with E-state index in [-0.39, 0.29) is 0 Å². The number of piperazine rings is 1. The van der Waals surface area contributed by atoms with Crippen molar-refractivity contribution in [3.05, 3.63) is 29.8 Å². The minimum Gasteiger partial charge on any atom is -0.497 e. The van der Waals surface area contributed by atoms with Crippen LogP contribution in [0.4, 0.5) is 0 Å². The van der Waals surface area contributed by atoms with Crippen LogP contribution < -0.4 is 4.74 Å². The van der Waals surface area contributed by atoms with Crippen molar-refractivity contribution in [3.8, 4) is 5.75 Å². The first-order chi connectivity index (χ1) is 8.81. The van der Waals surface area contributed by atoms with Crippen molar-refractivity contribution >= 4 is 0 Å². The van der Waals surface area contributed by atoms with Gasteiger partial charge in [0, 0.05) is 32.7 Å². The third-order valence-electron chi connectivity index (χ3n) is 3.55. The Morgan fingerprint density at radius 3 is 2.50 bits per heavy atom. The first-order valence-corrected chi connectivity index (χ1v) is 6.89. The van der Waals surface area contributed by atoms with Gasteiger partial charge >= 0.3 is 0 Å². The molecular weight excluding hydrogens is 224 g/mol. The van der Waals surface area contributed by atoms with E-state index in [2.05, 4.69) is 34.9 Å². The highest BCUT2D eigenvalue weighted by molar-refractivity contribution is 5.28. The van der Waals surface area contributed by atoms with Crippen molar-refractivity contribution in [2.24, 2.45) is 0 Å². The predicted molar refractivity (Wildman–Crippen MR) is 75.0 cm³/mol. The second kappa shape index (κ2) is 6.76. The summed E-state index contributed by atoms with van der Waals surface area (Å²) < 4.78 is 5.27. The van der Waals surface area contributed by atoms with E-state index < -0.39 is 0 Å². The molecular formula is C15H24N2O. The van der Waals surface area contributed by atoms with Gasteiger partial charge in [0.25, 0.3) is 0 Å². The normalized spacial score (nSPS) is 17.9. The molecule has 0 radical (unpaired) electrons. The lowest BCUT2D eigenvalue weighted by molar-refractivity contribution is 0.127. The van der Waals surface area contributed by atoms with Crippen LogP contribution >= 0.6 is 0 Å². The number of ether oxygens (including phenoxy) is 1. The SMILES string of the molecule is CCCN1CCN(Cc2cccc(OC)c2)CC1. The Balaban J connectivity index is 1.83. The number of hydrogen-bond donors (Lipinski definition) is 0. The Labute approximate surface area is 110 Å². The fourth-order valence-corrected chi connectivity index (χ4v) is 2.52. The Kier molecular flexibility index (Phi) is 5.02. The molecule has 0 unspecified atom stereocenters. The Bertz CT molecular complexity index is 359. The lowest BCUT2D eigenvalue weighted by Gasteiger charge is -2.34. The molecule has 0 spiro atoms. The van der Waals surface area contributed by atoms with Crippen molar-refractivity contribution in [2.75, 3.05) is 39.8 Å². The highest BCUT2D eigenvalue weighted by Gasteiger charge is 2.15. The summed E-state index contributed by atoms with van der Waals surface area (Å²) >= 11 is 0. The summed E-state index contributed by atoms with van der Waals surface area (Å²) in [6.07, 6.45) is 1.26. The van der Waals surface area contributed by atoms with Crippen LogP contribution in [0.25, 0.3) is 0 Å². The lowest BCUT2D eigenvalue weighted by Crippen LogP contribution is -2.45. The largest absolute Gasteiger partial charge is 0.497 e. The molecule has 1 fully saturated rings. The summed E-state index contributed by atoms with van der Waals surface area (Å²) in [5.41, 5.74) is 1.35. The molecule has 0 saturated carbocycles. The molecule has 1 aliphatic rings. The van der Waals surface area contributed by atoms with Gasteiger partial charge in [-0.05, 0) is 30.7 Å². The predicted octanol–water partition coefficient (Wildman–Crippen LogP) is 2.22. The Hall–Kier alpha value is -1.06. The molecule has 100 valence electrons. The average molecular weight is 248 g/mol. The third-order valence-corrected chi connectivity index (χ3v) is 3.55. The number of nitrogens with zero attached hydrogens (tertiary/aromatic N) is 2. The molecule has 0 aliphatic carbocycles. The summed E-state index contributed by atoms with van der Waals surface area (Å²) in [6, 6.07) is 8.39. The van der Waals surface area contributed by atoms with Crippen LogP contribution in [-0.2, 0) is 6.54 Å². The van der Waals surface area contributed by atoms with Crippen molar-refractivity contribution in [1.29, 1.82) is 0 Å². The molecule has 1 heterocycles. The summed E-state index contributed by atoms with van der Waals surface area (Å²) in [6.45, 7) is 9.30. The quantitative estimate of drug-likeness (QED) is 0.794. The molecule has 18 heavy (non-hydrogen) atoms. The maximum Gasteiger partial charge on any atom is 0.119 e. The van der Waals surface area contributed by atoms with Crippen LogP contribution in [0.5, 0.6) is 5.75 Å². The van der Waals surface area contributed by atoms with E-state index >= 15 is 0 Å². The van der Waals surface area contributed by atoms with E-state index in [0.29, 0.717) is 0 Å². The van der Waals surface area contributed by atoms with Crippen LogP contribution in [0.15, 0.2) is 24.3 Å². The fraction of sp³-hybridized carbons (Fsp3) is 0.600. The molecule has 0 atom stereocenters. The summed E-state index contributed by atoms with van der Waals surface area (Å²) in [5.74, 6) is 0.956. The van der Waals surface area contributed by atoms with Crippen molar-refractivity contribution in [2.45, 2.75) is 19.9 Å². The van der Waals surface area contributed by atoms with E-state index in [1.165, 1.54) is 44.7 Å². The summed E-state index contributed by atoms with van der Waals surface area (Å²) in [5, 5.41) is 0. The maximum atomic E-state index is 5.27. The van der Waals surface area contributed by atoms with Gasteiger partial charge < -0.3 is 9.64 Å². The molecule has 1 saturated heterocycles. The molecule has 3 nitrogen and oxygen atoms in total. The second-order valence-electron chi connectivity index (χ2n) is 4.97. The average Bonchev–Trinajstić information content (AvgIpc) is 2.42. The van der Waals surface area contributed by atoms with Gasteiger partial charge in [-0.3, -0.25) is 4.90 Å². The Morgan fingerprint density at radius 2 is 1.83 bits per heavy atom. The number of hydrogen-bond acceptors (Lipinski definition) is 3. The molecule has 1 aliphatic heterocycles. The van der Waals surface area contributed by atoms with Gasteiger partial charge in [0.15, 0.2) is 0 Å². The summed E-state index contributed by atoms with van der Waals surface area (Å²) in [7, 11) is 1.72. The van der Waals surface area contributed by atoms with E-state index in [1.807, 2.05) is 6.07 Å². The van der Waals surface area contributed by atoms with Gasteiger partial charge in [0.1, 0.15) is 5.75 Å². The molecule has 0 bridgehead atoms. The number of methoxy groups -OCH3 is 1. The highest BCUT2D eigenvalue weighted by Crippen LogP contribution is 2.15. The van der Waals surface area contributed by atoms with Crippen molar-refractivity contribution in [3.63, 3.8) is 0 Å². The Morgan fingerprint density at radius 1 is 1.11 bits per heavy atom. The van der Waals surface area contributed by atoms with E-state index in [0.717, 1.165) is 12.3 Å². The van der Waals surface area contributed by atoms with Crippen LogP contribution in [0.1, 0.15) is 18.9 Å². The van der Waals surface area contributed by atoms with Crippen molar-refractivity contribution < 1.29 is 4.74 Å². The van der Waals surface area contributed by atoms with Crippen LogP contribution in [0.3, 0.4) is 0 Å². The minimum absolute atomic E-state index is 0.956. The van der Waals surface area contributed by atoms with Gasteiger partial charge in [-0.2, -0.15) is 0 Å². The van der Waals surface area contributed by atoms with Crippen molar-refractivity contribution in [1.82, 2.24) is 9.80 Å². The van der Waals surface area contributed by atoms with Crippen LogP contribution in [-0.4, -0.2) is 49.6 Å². The molecule has 1 aromatic carbocycles. The van der Waals surface area contributed by atoms with Gasteiger partial charge in [-0.1, -0.05) is 19.1 Å². The second-order valence-corrected chi connectivity index (χ2v) is 4.97. The van der Waals surface area contributed by atoms with E-state index in [1.54, 1.807) is 7.11 Å². The molecule has 0 aromatic heterocycles. The lowest BCUT2D eigenvalue weighted by atomic mass is 10.2.